The molecule has 0 aliphatic rings. The number of amides is 2. The normalized spacial score (nSPS) is 10.7. The molecule has 1 heterocycles. The van der Waals surface area contributed by atoms with Crippen molar-refractivity contribution < 1.29 is 9.59 Å². The topological polar surface area (TPSA) is 97.4 Å². The first-order chi connectivity index (χ1) is 8.66. The van der Waals surface area contributed by atoms with Crippen molar-refractivity contribution in [2.75, 3.05) is 0 Å². The van der Waals surface area contributed by atoms with Crippen LogP contribution in [0.5, 0.6) is 0 Å². The zero-order chi connectivity index (χ0) is 13.0. The van der Waals surface area contributed by atoms with Crippen LogP contribution in [-0.2, 0) is 9.59 Å². The van der Waals surface area contributed by atoms with Gasteiger partial charge in [0.2, 0.25) is 0 Å². The average molecular weight is 242 g/mol. The van der Waals surface area contributed by atoms with E-state index in [9.17, 15) is 9.59 Å². The van der Waals surface area contributed by atoms with Gasteiger partial charge in [-0.05, 0) is 23.8 Å². The number of hydrogen-bond donors (Lipinski definition) is 2. The van der Waals surface area contributed by atoms with Crippen molar-refractivity contribution in [1.29, 1.82) is 0 Å². The lowest BCUT2D eigenvalue weighted by Gasteiger charge is -1.98. The first-order valence-corrected chi connectivity index (χ1v) is 5.14. The Hall–Kier alpha value is -2.76. The number of nitrogens with two attached hydrogens (primary N) is 1. The van der Waals surface area contributed by atoms with E-state index in [4.69, 9.17) is 5.73 Å². The molecular formula is C12H10N4O2. The van der Waals surface area contributed by atoms with Crippen LogP contribution in [0.4, 0.5) is 0 Å². The van der Waals surface area contributed by atoms with E-state index in [1.54, 1.807) is 12.3 Å². The predicted molar refractivity (Wildman–Crippen MR) is 66.7 cm³/mol. The van der Waals surface area contributed by atoms with Gasteiger partial charge in [-0.25, -0.2) is 5.43 Å². The molecule has 0 unspecified atom stereocenters. The van der Waals surface area contributed by atoms with Crippen LogP contribution in [0.25, 0.3) is 10.9 Å². The number of benzene rings is 1. The van der Waals surface area contributed by atoms with Crippen molar-refractivity contribution in [2.45, 2.75) is 0 Å². The van der Waals surface area contributed by atoms with Crippen molar-refractivity contribution in [1.82, 2.24) is 10.4 Å². The van der Waals surface area contributed by atoms with E-state index in [1.165, 1.54) is 6.21 Å². The van der Waals surface area contributed by atoms with Gasteiger partial charge < -0.3 is 5.73 Å². The number of carbonyl (C=O) groups is 2. The molecule has 0 saturated carbocycles. The van der Waals surface area contributed by atoms with Crippen LogP contribution in [0, 0.1) is 0 Å². The first-order valence-electron chi connectivity index (χ1n) is 5.14. The third-order valence-electron chi connectivity index (χ3n) is 2.23. The first kappa shape index (κ1) is 11.7. The number of nitrogens with zero attached hydrogens (tertiary/aromatic N) is 2. The Balaban J connectivity index is 2.14. The quantitative estimate of drug-likeness (QED) is 0.446. The van der Waals surface area contributed by atoms with Crippen molar-refractivity contribution in [3.8, 4) is 0 Å². The summed E-state index contributed by atoms with van der Waals surface area (Å²) in [6, 6.07) is 9.25. The SMILES string of the molecule is NC(=O)C(=O)N/N=C/c1ccc2ncccc2c1. The number of nitrogens with one attached hydrogen (secondary N) is 1. The number of hydrazone groups is 1. The third-order valence-corrected chi connectivity index (χ3v) is 2.23. The minimum Gasteiger partial charge on any atom is -0.361 e. The van der Waals surface area contributed by atoms with Crippen LogP contribution >= 0.6 is 0 Å². The van der Waals surface area contributed by atoms with Gasteiger partial charge in [-0.15, -0.1) is 0 Å². The lowest BCUT2D eigenvalue weighted by molar-refractivity contribution is -0.137. The molecular weight excluding hydrogens is 232 g/mol. The zero-order valence-electron chi connectivity index (χ0n) is 9.33. The molecule has 90 valence electrons. The van der Waals surface area contributed by atoms with E-state index in [-0.39, 0.29) is 0 Å². The second-order valence-corrected chi connectivity index (χ2v) is 3.52. The molecule has 2 rings (SSSR count). The molecule has 0 fully saturated rings. The number of hydrogen-bond acceptors (Lipinski definition) is 4. The fourth-order valence-electron chi connectivity index (χ4n) is 1.39. The van der Waals surface area contributed by atoms with Gasteiger partial charge in [0.25, 0.3) is 0 Å². The lowest BCUT2D eigenvalue weighted by Crippen LogP contribution is -2.32. The van der Waals surface area contributed by atoms with E-state index in [2.05, 4.69) is 10.1 Å². The van der Waals surface area contributed by atoms with Crippen LogP contribution in [0.1, 0.15) is 5.56 Å². The van der Waals surface area contributed by atoms with Crippen LogP contribution in [0.2, 0.25) is 0 Å². The molecule has 0 aliphatic heterocycles. The highest BCUT2D eigenvalue weighted by Crippen LogP contribution is 2.11. The average Bonchev–Trinajstić information content (AvgIpc) is 2.38. The van der Waals surface area contributed by atoms with Crippen LogP contribution < -0.4 is 11.2 Å². The van der Waals surface area contributed by atoms with Crippen LogP contribution in [0.15, 0.2) is 41.6 Å². The molecule has 2 aromatic rings. The van der Waals surface area contributed by atoms with E-state index in [0.29, 0.717) is 0 Å². The summed E-state index contributed by atoms with van der Waals surface area (Å²) in [4.78, 5) is 25.5. The summed E-state index contributed by atoms with van der Waals surface area (Å²) in [6.45, 7) is 0. The van der Waals surface area contributed by atoms with Gasteiger partial charge in [0, 0.05) is 11.6 Å². The molecule has 2 amide bonds. The second kappa shape index (κ2) is 5.05. The number of rotatable bonds is 2. The molecule has 3 N–H and O–H groups in total. The molecule has 18 heavy (non-hydrogen) atoms. The molecule has 0 bridgehead atoms. The summed E-state index contributed by atoms with van der Waals surface area (Å²) in [5, 5.41) is 4.58. The highest BCUT2D eigenvalue weighted by Gasteiger charge is 2.05. The standard InChI is InChI=1S/C12H10N4O2/c13-11(17)12(18)16-15-7-8-3-4-10-9(6-8)2-1-5-14-10/h1-7H,(H2,13,17)(H,16,18)/b15-7+. The van der Waals surface area contributed by atoms with Crippen molar-refractivity contribution >= 4 is 28.9 Å². The Bertz CT molecular complexity index is 637. The highest BCUT2D eigenvalue weighted by atomic mass is 16.2. The summed E-state index contributed by atoms with van der Waals surface area (Å²) in [7, 11) is 0. The maximum absolute atomic E-state index is 10.8. The Morgan fingerprint density at radius 1 is 1.33 bits per heavy atom. The van der Waals surface area contributed by atoms with Gasteiger partial charge in [-0.3, -0.25) is 14.6 Å². The fraction of sp³-hybridized carbons (Fsp3) is 0. The number of primary amides is 1. The Labute approximate surface area is 103 Å². The lowest BCUT2D eigenvalue weighted by atomic mass is 10.1. The maximum Gasteiger partial charge on any atom is 0.329 e. The molecule has 6 heteroatoms. The Morgan fingerprint density at radius 3 is 2.94 bits per heavy atom. The Kier molecular flexibility index (Phi) is 3.29. The van der Waals surface area contributed by atoms with Gasteiger partial charge in [0.1, 0.15) is 0 Å². The maximum atomic E-state index is 10.8. The van der Waals surface area contributed by atoms with Gasteiger partial charge >= 0.3 is 11.8 Å². The van der Waals surface area contributed by atoms with Crippen LogP contribution in [0.3, 0.4) is 0 Å². The van der Waals surface area contributed by atoms with Crippen molar-refractivity contribution in [3.05, 3.63) is 42.1 Å². The van der Waals surface area contributed by atoms with E-state index >= 15 is 0 Å². The molecule has 0 saturated heterocycles. The van der Waals surface area contributed by atoms with Gasteiger partial charge in [0.15, 0.2) is 0 Å². The minimum atomic E-state index is -1.07. The highest BCUT2D eigenvalue weighted by molar-refractivity contribution is 6.34. The van der Waals surface area contributed by atoms with Crippen molar-refractivity contribution in [2.24, 2.45) is 10.8 Å². The number of carbonyl (C=O) groups excluding carboxylic acids is 2. The zero-order valence-corrected chi connectivity index (χ0v) is 9.33. The summed E-state index contributed by atoms with van der Waals surface area (Å²) in [5.74, 6) is -2.02. The van der Waals surface area contributed by atoms with Crippen LogP contribution in [-0.4, -0.2) is 23.0 Å². The number of pyridine rings is 1. The van der Waals surface area contributed by atoms with E-state index < -0.39 is 11.8 Å². The minimum absolute atomic E-state index is 0.778. The van der Waals surface area contributed by atoms with Gasteiger partial charge in [0.05, 0.1) is 11.7 Å². The largest absolute Gasteiger partial charge is 0.361 e. The summed E-state index contributed by atoms with van der Waals surface area (Å²) >= 11 is 0. The molecule has 0 aliphatic carbocycles. The summed E-state index contributed by atoms with van der Waals surface area (Å²) < 4.78 is 0. The fourth-order valence-corrected chi connectivity index (χ4v) is 1.39. The predicted octanol–water partition coefficient (Wildman–Crippen LogP) is 0.170. The van der Waals surface area contributed by atoms with Gasteiger partial charge in [-0.1, -0.05) is 12.1 Å². The molecule has 1 aromatic carbocycles. The second-order valence-electron chi connectivity index (χ2n) is 3.52. The van der Waals surface area contributed by atoms with E-state index in [0.717, 1.165) is 16.5 Å². The van der Waals surface area contributed by atoms with Gasteiger partial charge in [-0.2, -0.15) is 5.10 Å². The molecule has 1 aromatic heterocycles. The number of aromatic nitrogens is 1. The number of fused-ring (bicyclic) bond motifs is 1. The molecule has 0 radical (unpaired) electrons. The third kappa shape index (κ3) is 2.67. The smallest absolute Gasteiger partial charge is 0.329 e. The summed E-state index contributed by atoms with van der Waals surface area (Å²) in [5.41, 5.74) is 8.42. The molecule has 0 spiro atoms. The molecule has 6 nitrogen and oxygen atoms in total. The monoisotopic (exact) mass is 242 g/mol. The Morgan fingerprint density at radius 2 is 2.17 bits per heavy atom. The summed E-state index contributed by atoms with van der Waals surface area (Å²) in [6.07, 6.45) is 3.14. The van der Waals surface area contributed by atoms with Crippen molar-refractivity contribution in [3.63, 3.8) is 0 Å². The molecule has 0 atom stereocenters. The van der Waals surface area contributed by atoms with E-state index in [1.807, 2.05) is 29.7 Å².